The van der Waals surface area contributed by atoms with E-state index >= 15 is 0 Å². The summed E-state index contributed by atoms with van der Waals surface area (Å²) < 4.78 is 0. The van der Waals surface area contributed by atoms with Crippen LogP contribution in [0.4, 0.5) is 5.69 Å². The molecular weight excluding hydrogens is 248 g/mol. The van der Waals surface area contributed by atoms with Crippen LogP contribution in [-0.4, -0.2) is 40.2 Å². The van der Waals surface area contributed by atoms with Crippen LogP contribution in [0.15, 0.2) is 29.3 Å². The summed E-state index contributed by atoms with van der Waals surface area (Å²) in [5.41, 5.74) is 2.63. The summed E-state index contributed by atoms with van der Waals surface area (Å²) in [6.07, 6.45) is 3.30. The smallest absolute Gasteiger partial charge is 0.190 e. The second-order valence-electron chi connectivity index (χ2n) is 5.09. The molecule has 0 aliphatic rings. The Labute approximate surface area is 123 Å². The molecule has 0 saturated heterocycles. The van der Waals surface area contributed by atoms with Gasteiger partial charge in [0.1, 0.15) is 0 Å². The molecule has 0 aromatic heterocycles. The van der Waals surface area contributed by atoms with Crippen molar-refractivity contribution in [3.8, 4) is 0 Å². The van der Waals surface area contributed by atoms with Crippen molar-refractivity contribution in [3.63, 3.8) is 0 Å². The fourth-order valence-electron chi connectivity index (χ4n) is 1.92. The number of rotatable bonds is 7. The number of hydrogen-bond acceptors (Lipinski definition) is 2. The van der Waals surface area contributed by atoms with Crippen LogP contribution < -0.4 is 15.5 Å². The van der Waals surface area contributed by atoms with Gasteiger partial charge in [-0.15, -0.1) is 0 Å². The molecule has 0 bridgehead atoms. The lowest BCUT2D eigenvalue weighted by atomic mass is 10.1. The Morgan fingerprint density at radius 2 is 1.75 bits per heavy atom. The highest BCUT2D eigenvalue weighted by Crippen LogP contribution is 2.13. The normalized spacial score (nSPS) is 11.3. The molecule has 0 saturated carbocycles. The Hall–Kier alpha value is -1.71. The summed E-state index contributed by atoms with van der Waals surface area (Å²) in [7, 11) is 5.94. The van der Waals surface area contributed by atoms with Crippen molar-refractivity contribution in [1.29, 1.82) is 0 Å². The van der Waals surface area contributed by atoms with Gasteiger partial charge in [-0.1, -0.05) is 19.1 Å². The summed E-state index contributed by atoms with van der Waals surface area (Å²) in [5, 5.41) is 6.61. The van der Waals surface area contributed by atoms with Crippen molar-refractivity contribution in [3.05, 3.63) is 29.8 Å². The fourth-order valence-corrected chi connectivity index (χ4v) is 1.92. The maximum Gasteiger partial charge on any atom is 0.190 e. The molecule has 0 unspecified atom stereocenters. The largest absolute Gasteiger partial charge is 0.378 e. The maximum atomic E-state index is 4.19. The third kappa shape index (κ3) is 5.95. The third-order valence-corrected chi connectivity index (χ3v) is 3.15. The van der Waals surface area contributed by atoms with Crippen LogP contribution in [0.25, 0.3) is 0 Å². The number of nitrogens with zero attached hydrogens (tertiary/aromatic N) is 2. The van der Waals surface area contributed by atoms with Gasteiger partial charge >= 0.3 is 0 Å². The molecule has 0 aliphatic carbocycles. The molecular formula is C16H28N4. The number of benzene rings is 1. The molecule has 0 atom stereocenters. The van der Waals surface area contributed by atoms with Gasteiger partial charge < -0.3 is 15.5 Å². The maximum absolute atomic E-state index is 4.19. The lowest BCUT2D eigenvalue weighted by Crippen LogP contribution is -2.38. The average Bonchev–Trinajstić information content (AvgIpc) is 2.47. The Morgan fingerprint density at radius 1 is 1.10 bits per heavy atom. The summed E-state index contributed by atoms with van der Waals surface area (Å²) in [6, 6.07) is 8.76. The molecule has 4 heteroatoms. The minimum absolute atomic E-state index is 0.898. The molecule has 0 heterocycles. The van der Waals surface area contributed by atoms with E-state index in [1.165, 1.54) is 11.3 Å². The van der Waals surface area contributed by atoms with Crippen LogP contribution in [0.2, 0.25) is 0 Å². The van der Waals surface area contributed by atoms with E-state index in [9.17, 15) is 0 Å². The molecule has 112 valence electrons. The van der Waals surface area contributed by atoms with Crippen molar-refractivity contribution >= 4 is 11.6 Å². The molecule has 4 nitrogen and oxygen atoms in total. The van der Waals surface area contributed by atoms with Gasteiger partial charge in [0.2, 0.25) is 0 Å². The topological polar surface area (TPSA) is 39.7 Å². The van der Waals surface area contributed by atoms with Gasteiger partial charge in [-0.2, -0.15) is 0 Å². The summed E-state index contributed by atoms with van der Waals surface area (Å²) in [5.74, 6) is 0.898. The van der Waals surface area contributed by atoms with E-state index in [4.69, 9.17) is 0 Å². The second-order valence-corrected chi connectivity index (χ2v) is 5.09. The minimum atomic E-state index is 0.898. The lowest BCUT2D eigenvalue weighted by Gasteiger charge is -2.13. The van der Waals surface area contributed by atoms with Gasteiger partial charge in [0.25, 0.3) is 0 Å². The van der Waals surface area contributed by atoms with Crippen molar-refractivity contribution in [2.45, 2.75) is 26.2 Å². The molecule has 0 fully saturated rings. The predicted octanol–water partition coefficient (Wildman–Crippen LogP) is 2.26. The Kier molecular flexibility index (Phi) is 7.55. The summed E-state index contributed by atoms with van der Waals surface area (Å²) in [4.78, 5) is 6.31. The first-order valence-corrected chi connectivity index (χ1v) is 7.38. The first-order valence-electron chi connectivity index (χ1n) is 7.38. The lowest BCUT2D eigenvalue weighted by molar-refractivity contribution is 0.735. The van der Waals surface area contributed by atoms with E-state index in [-0.39, 0.29) is 0 Å². The van der Waals surface area contributed by atoms with E-state index in [2.05, 4.69) is 65.8 Å². The monoisotopic (exact) mass is 276 g/mol. The number of hydrogen-bond donors (Lipinski definition) is 2. The fraction of sp³-hybridized carbons (Fsp3) is 0.562. The van der Waals surface area contributed by atoms with Gasteiger partial charge in [-0.25, -0.2) is 0 Å². The summed E-state index contributed by atoms with van der Waals surface area (Å²) >= 11 is 0. The van der Waals surface area contributed by atoms with Gasteiger partial charge in [0, 0.05) is 39.9 Å². The molecule has 0 amide bonds. The first kappa shape index (κ1) is 16.3. The van der Waals surface area contributed by atoms with E-state index in [1.807, 2.05) is 7.05 Å². The predicted molar refractivity (Wildman–Crippen MR) is 88.7 cm³/mol. The first-order chi connectivity index (χ1) is 9.67. The quantitative estimate of drug-likeness (QED) is 0.456. The zero-order valence-electron chi connectivity index (χ0n) is 13.2. The molecule has 1 aromatic rings. The average molecular weight is 276 g/mol. The molecule has 2 N–H and O–H groups in total. The van der Waals surface area contributed by atoms with Crippen molar-refractivity contribution < 1.29 is 0 Å². The van der Waals surface area contributed by atoms with Gasteiger partial charge in [0.15, 0.2) is 5.96 Å². The molecule has 0 spiro atoms. The highest BCUT2D eigenvalue weighted by Gasteiger charge is 1.98. The van der Waals surface area contributed by atoms with E-state index in [0.29, 0.717) is 0 Å². The van der Waals surface area contributed by atoms with Crippen molar-refractivity contribution in [2.75, 3.05) is 39.1 Å². The van der Waals surface area contributed by atoms with Gasteiger partial charge in [-0.3, -0.25) is 4.99 Å². The van der Waals surface area contributed by atoms with E-state index < -0.39 is 0 Å². The molecule has 1 rings (SSSR count). The molecule has 0 aliphatic heterocycles. The zero-order chi connectivity index (χ0) is 14.8. The standard InChI is InChI=1S/C16H28N4/c1-5-12-18-16(17-2)19-13-6-7-14-8-10-15(11-9-14)20(3)4/h8-11H,5-7,12-13H2,1-4H3,(H2,17,18,19). The minimum Gasteiger partial charge on any atom is -0.378 e. The van der Waals surface area contributed by atoms with Crippen LogP contribution in [0.5, 0.6) is 0 Å². The number of aryl methyl sites for hydroxylation is 1. The number of aliphatic imine (C=N–C) groups is 1. The second kappa shape index (κ2) is 9.23. The van der Waals surface area contributed by atoms with Gasteiger partial charge in [0.05, 0.1) is 0 Å². The van der Waals surface area contributed by atoms with E-state index in [1.54, 1.807) is 0 Å². The van der Waals surface area contributed by atoms with Crippen molar-refractivity contribution in [2.24, 2.45) is 4.99 Å². The highest BCUT2D eigenvalue weighted by molar-refractivity contribution is 5.79. The molecule has 0 radical (unpaired) electrons. The van der Waals surface area contributed by atoms with Gasteiger partial charge in [-0.05, 0) is 37.0 Å². The van der Waals surface area contributed by atoms with Crippen LogP contribution >= 0.6 is 0 Å². The van der Waals surface area contributed by atoms with Crippen molar-refractivity contribution in [1.82, 2.24) is 10.6 Å². The Bertz CT molecular complexity index is 395. The molecule has 20 heavy (non-hydrogen) atoms. The number of guanidine groups is 1. The zero-order valence-corrected chi connectivity index (χ0v) is 13.2. The molecule has 1 aromatic carbocycles. The Morgan fingerprint density at radius 3 is 2.30 bits per heavy atom. The van der Waals surface area contributed by atoms with E-state index in [0.717, 1.165) is 38.3 Å². The summed E-state index contributed by atoms with van der Waals surface area (Å²) in [6.45, 7) is 4.06. The highest BCUT2D eigenvalue weighted by atomic mass is 15.2. The number of nitrogens with one attached hydrogen (secondary N) is 2. The number of anilines is 1. The Balaban J connectivity index is 2.26. The van der Waals surface area contributed by atoms with Crippen LogP contribution in [0.1, 0.15) is 25.3 Å². The van der Waals surface area contributed by atoms with Crippen LogP contribution in [-0.2, 0) is 6.42 Å². The van der Waals surface area contributed by atoms with Crippen LogP contribution in [0.3, 0.4) is 0 Å². The third-order valence-electron chi connectivity index (χ3n) is 3.15. The SMILES string of the molecule is CCCNC(=NC)NCCCc1ccc(N(C)C)cc1. The van der Waals surface area contributed by atoms with Crippen LogP contribution in [0, 0.1) is 0 Å².